The molecule has 9 nitrogen and oxygen atoms in total. The summed E-state index contributed by atoms with van der Waals surface area (Å²) in [4.78, 5) is 12.2. The van der Waals surface area contributed by atoms with Crippen molar-refractivity contribution in [2.45, 2.75) is 24.3 Å². The van der Waals surface area contributed by atoms with Crippen LogP contribution in [0.4, 0.5) is 0 Å². The summed E-state index contributed by atoms with van der Waals surface area (Å²) in [5.41, 5.74) is 0. The number of carbonyl (C=O) groups excluding carboxylic acids is 1. The van der Waals surface area contributed by atoms with E-state index in [1.807, 2.05) is 13.0 Å². The quantitative estimate of drug-likeness (QED) is 0.561. The van der Waals surface area contributed by atoms with Crippen LogP contribution in [0.5, 0.6) is 11.5 Å². The minimum atomic E-state index is -4.01. The molecule has 29 heavy (non-hydrogen) atoms. The van der Waals surface area contributed by atoms with E-state index in [-0.39, 0.29) is 17.3 Å². The number of benzene rings is 1. The second kappa shape index (κ2) is 10.3. The molecule has 1 aromatic heterocycles. The van der Waals surface area contributed by atoms with E-state index in [0.29, 0.717) is 11.5 Å². The van der Waals surface area contributed by atoms with Gasteiger partial charge in [-0.25, -0.2) is 13.1 Å². The fraction of sp³-hybridized carbons (Fsp3) is 0.421. The molecule has 0 saturated heterocycles. The fourth-order valence-corrected chi connectivity index (χ4v) is 3.78. The van der Waals surface area contributed by atoms with E-state index >= 15 is 0 Å². The number of hydrogen-bond donors (Lipinski definition) is 2. The molecule has 2 aromatic rings. The molecule has 0 fully saturated rings. The standard InChI is InChI=1S/C19H26N2O7S/c1-5-13-6-8-16(28-13)15(12-25-2)21-19(22)11-20-29(23,24)18-10-14(26-3)7-9-17(18)27-4/h6-10,15,20H,5,11-12H2,1-4H3,(H,21,22)/t15-/m0/s1. The maximum absolute atomic E-state index is 12.6. The topological polar surface area (TPSA) is 116 Å². The Morgan fingerprint density at radius 2 is 1.90 bits per heavy atom. The van der Waals surface area contributed by atoms with Crippen molar-refractivity contribution < 1.29 is 31.8 Å². The highest BCUT2D eigenvalue weighted by Crippen LogP contribution is 2.27. The van der Waals surface area contributed by atoms with Gasteiger partial charge in [-0.2, -0.15) is 0 Å². The summed E-state index contributed by atoms with van der Waals surface area (Å²) >= 11 is 0. The van der Waals surface area contributed by atoms with Crippen molar-refractivity contribution in [1.82, 2.24) is 10.0 Å². The summed E-state index contributed by atoms with van der Waals surface area (Å²) in [6.45, 7) is 1.66. The highest BCUT2D eigenvalue weighted by molar-refractivity contribution is 7.89. The van der Waals surface area contributed by atoms with Gasteiger partial charge in [-0.3, -0.25) is 4.79 Å². The molecule has 1 heterocycles. The zero-order chi connectivity index (χ0) is 21.4. The lowest BCUT2D eigenvalue weighted by atomic mass is 10.2. The Hall–Kier alpha value is -2.56. The van der Waals surface area contributed by atoms with E-state index < -0.39 is 28.5 Å². The van der Waals surface area contributed by atoms with Crippen LogP contribution in [0.1, 0.15) is 24.5 Å². The van der Waals surface area contributed by atoms with Crippen LogP contribution in [-0.4, -0.2) is 48.8 Å². The number of rotatable bonds is 11. The Bertz CT molecular complexity index is 924. The summed E-state index contributed by atoms with van der Waals surface area (Å²) in [6.07, 6.45) is 0.718. The van der Waals surface area contributed by atoms with E-state index in [2.05, 4.69) is 10.0 Å². The number of methoxy groups -OCH3 is 3. The summed E-state index contributed by atoms with van der Waals surface area (Å²) in [7, 11) is 0.269. The zero-order valence-corrected chi connectivity index (χ0v) is 17.7. The molecular weight excluding hydrogens is 400 g/mol. The summed E-state index contributed by atoms with van der Waals surface area (Å²) in [5, 5.41) is 2.71. The number of aryl methyl sites for hydroxylation is 1. The van der Waals surface area contributed by atoms with Gasteiger partial charge in [0.15, 0.2) is 0 Å². The number of sulfonamides is 1. The van der Waals surface area contributed by atoms with E-state index in [1.165, 1.54) is 33.5 Å². The molecule has 160 valence electrons. The summed E-state index contributed by atoms with van der Waals surface area (Å²) in [5.74, 6) is 1.27. The molecule has 0 aliphatic heterocycles. The summed E-state index contributed by atoms with van der Waals surface area (Å²) in [6, 6.07) is 7.42. The molecule has 0 bridgehead atoms. The first-order valence-electron chi connectivity index (χ1n) is 8.93. The van der Waals surface area contributed by atoms with Crippen LogP contribution in [0.2, 0.25) is 0 Å². The van der Waals surface area contributed by atoms with Gasteiger partial charge in [0.25, 0.3) is 0 Å². The molecule has 0 saturated carbocycles. The van der Waals surface area contributed by atoms with Crippen molar-refractivity contribution in [3.63, 3.8) is 0 Å². The zero-order valence-electron chi connectivity index (χ0n) is 16.9. The highest BCUT2D eigenvalue weighted by Gasteiger charge is 2.23. The van der Waals surface area contributed by atoms with Gasteiger partial charge in [0, 0.05) is 19.6 Å². The van der Waals surface area contributed by atoms with Gasteiger partial charge < -0.3 is 23.9 Å². The van der Waals surface area contributed by atoms with Crippen LogP contribution in [-0.2, 0) is 26.0 Å². The number of carbonyl (C=O) groups is 1. The van der Waals surface area contributed by atoms with E-state index in [0.717, 1.165) is 12.2 Å². The lowest BCUT2D eigenvalue weighted by molar-refractivity contribution is -0.121. The average molecular weight is 426 g/mol. The Kier molecular flexibility index (Phi) is 8.06. The van der Waals surface area contributed by atoms with Gasteiger partial charge in [0.2, 0.25) is 15.9 Å². The maximum atomic E-state index is 12.6. The van der Waals surface area contributed by atoms with Gasteiger partial charge in [-0.1, -0.05) is 6.92 Å². The van der Waals surface area contributed by atoms with Crippen LogP contribution in [0, 0.1) is 0 Å². The number of hydrogen-bond acceptors (Lipinski definition) is 7. The molecule has 10 heteroatoms. The lowest BCUT2D eigenvalue weighted by Crippen LogP contribution is -2.39. The second-order valence-electron chi connectivity index (χ2n) is 6.07. The Morgan fingerprint density at radius 1 is 1.14 bits per heavy atom. The Balaban J connectivity index is 2.08. The van der Waals surface area contributed by atoms with Crippen LogP contribution in [0.3, 0.4) is 0 Å². The van der Waals surface area contributed by atoms with Gasteiger partial charge in [0.05, 0.1) is 27.4 Å². The minimum Gasteiger partial charge on any atom is -0.497 e. The fourth-order valence-electron chi connectivity index (χ4n) is 2.61. The van der Waals surface area contributed by atoms with Crippen LogP contribution in [0.25, 0.3) is 0 Å². The van der Waals surface area contributed by atoms with Gasteiger partial charge in [0.1, 0.15) is 34.0 Å². The van der Waals surface area contributed by atoms with Gasteiger partial charge in [-0.05, 0) is 24.3 Å². The smallest absolute Gasteiger partial charge is 0.244 e. The van der Waals surface area contributed by atoms with E-state index in [1.54, 1.807) is 12.1 Å². The normalized spacial score (nSPS) is 12.4. The van der Waals surface area contributed by atoms with E-state index in [9.17, 15) is 13.2 Å². The molecule has 1 aromatic carbocycles. The highest BCUT2D eigenvalue weighted by atomic mass is 32.2. The Labute approximate surface area is 170 Å². The molecule has 2 rings (SSSR count). The third-order valence-corrected chi connectivity index (χ3v) is 5.55. The maximum Gasteiger partial charge on any atom is 0.244 e. The predicted molar refractivity (Wildman–Crippen MR) is 106 cm³/mol. The van der Waals surface area contributed by atoms with E-state index in [4.69, 9.17) is 18.6 Å². The van der Waals surface area contributed by atoms with Crippen molar-refractivity contribution in [1.29, 1.82) is 0 Å². The predicted octanol–water partition coefficient (Wildman–Crippen LogP) is 1.64. The third-order valence-electron chi connectivity index (χ3n) is 4.13. The Morgan fingerprint density at radius 3 is 2.48 bits per heavy atom. The first kappa shape index (κ1) is 22.7. The molecule has 0 unspecified atom stereocenters. The van der Waals surface area contributed by atoms with Crippen LogP contribution >= 0.6 is 0 Å². The van der Waals surface area contributed by atoms with Crippen LogP contribution in [0.15, 0.2) is 39.6 Å². The van der Waals surface area contributed by atoms with Crippen molar-refractivity contribution in [3.8, 4) is 11.5 Å². The third kappa shape index (κ3) is 5.96. The summed E-state index contributed by atoms with van der Waals surface area (Å²) < 4.78 is 48.5. The van der Waals surface area contributed by atoms with Gasteiger partial charge in [-0.15, -0.1) is 0 Å². The second-order valence-corrected chi connectivity index (χ2v) is 7.81. The first-order valence-corrected chi connectivity index (χ1v) is 10.4. The molecular formula is C19H26N2O7S. The van der Waals surface area contributed by atoms with Crippen molar-refractivity contribution in [3.05, 3.63) is 41.9 Å². The molecule has 2 N–H and O–H groups in total. The monoisotopic (exact) mass is 426 g/mol. The number of amides is 1. The van der Waals surface area contributed by atoms with Gasteiger partial charge >= 0.3 is 0 Å². The average Bonchev–Trinajstić information content (AvgIpc) is 3.20. The van der Waals surface area contributed by atoms with Crippen molar-refractivity contribution in [2.75, 3.05) is 34.5 Å². The lowest BCUT2D eigenvalue weighted by Gasteiger charge is -2.16. The molecule has 1 atom stereocenters. The van der Waals surface area contributed by atoms with Crippen molar-refractivity contribution >= 4 is 15.9 Å². The van der Waals surface area contributed by atoms with Crippen LogP contribution < -0.4 is 19.5 Å². The first-order chi connectivity index (χ1) is 13.8. The molecule has 0 spiro atoms. The molecule has 0 aliphatic carbocycles. The number of nitrogens with one attached hydrogen (secondary N) is 2. The molecule has 0 radical (unpaired) electrons. The minimum absolute atomic E-state index is 0.126. The van der Waals surface area contributed by atoms with Crippen molar-refractivity contribution in [2.24, 2.45) is 0 Å². The number of furan rings is 1. The SMILES string of the molecule is CCc1ccc([C@H](COC)NC(=O)CNS(=O)(=O)c2cc(OC)ccc2OC)o1. The largest absolute Gasteiger partial charge is 0.497 e. The molecule has 1 amide bonds. The number of ether oxygens (including phenoxy) is 3. The molecule has 0 aliphatic rings.